The second-order valence-electron chi connectivity index (χ2n) is 7.43. The van der Waals surface area contributed by atoms with Crippen molar-refractivity contribution in [2.45, 2.75) is 12.8 Å². The largest absolute Gasteiger partial charge is 0.448 e. The van der Waals surface area contributed by atoms with Crippen LogP contribution in [0.4, 0.5) is 4.79 Å². The van der Waals surface area contributed by atoms with E-state index in [1.807, 2.05) is 25.1 Å². The predicted molar refractivity (Wildman–Crippen MR) is 131 cm³/mol. The maximum absolute atomic E-state index is 12.7. The van der Waals surface area contributed by atoms with Gasteiger partial charge >= 0.3 is 6.09 Å². The molecule has 0 atom stereocenters. The minimum absolute atomic E-state index is 0. The molecular weight excluding hydrogens is 449 g/mol. The second kappa shape index (κ2) is 12.5. The molecule has 6 nitrogen and oxygen atoms in total. The quantitative estimate of drug-likeness (QED) is 0.451. The normalized spacial score (nSPS) is 14.7. The first-order valence-corrected chi connectivity index (χ1v) is 10.5. The van der Waals surface area contributed by atoms with Crippen molar-refractivity contribution >= 4 is 36.8 Å². The van der Waals surface area contributed by atoms with Gasteiger partial charge in [0.1, 0.15) is 13.2 Å². The van der Waals surface area contributed by atoms with E-state index in [0.717, 1.165) is 19.6 Å². The molecule has 0 aromatic heterocycles. The number of hydrogen-bond acceptors (Lipinski definition) is 5. The fourth-order valence-corrected chi connectivity index (χ4v) is 4.11. The Morgan fingerprint density at radius 1 is 1.03 bits per heavy atom. The van der Waals surface area contributed by atoms with Crippen LogP contribution in [-0.2, 0) is 9.57 Å². The number of benzene rings is 2. The van der Waals surface area contributed by atoms with Crippen LogP contribution in [0.5, 0.6) is 0 Å². The van der Waals surface area contributed by atoms with Gasteiger partial charge in [-0.15, -0.1) is 24.8 Å². The highest BCUT2D eigenvalue weighted by molar-refractivity contribution is 5.85. The number of amides is 1. The first kappa shape index (κ1) is 25.8. The van der Waals surface area contributed by atoms with Gasteiger partial charge < -0.3 is 14.5 Å². The van der Waals surface area contributed by atoms with Crippen molar-refractivity contribution in [3.8, 4) is 11.1 Å². The molecule has 0 radical (unpaired) electrons. The molecule has 4 rings (SSSR count). The number of carbonyl (C=O) groups is 1. The Balaban J connectivity index is 0.00000181. The van der Waals surface area contributed by atoms with Crippen LogP contribution in [-0.4, -0.2) is 67.7 Å². The van der Waals surface area contributed by atoms with E-state index < -0.39 is 0 Å². The molecule has 32 heavy (non-hydrogen) atoms. The standard InChI is InChI=1S/C24H27N3O3.2ClH/c1-2-30-25-12-7-13-26-14-16-27(17-15-26)24(28)29-18-23-21-10-5-3-8-19(21)20-9-4-6-11-22(20)23;;/h3-11,23H,2,13-18H2,1H3;2*1H. The molecule has 1 amide bonds. The Morgan fingerprint density at radius 2 is 1.62 bits per heavy atom. The van der Waals surface area contributed by atoms with E-state index in [1.165, 1.54) is 22.3 Å². The number of carbonyl (C=O) groups excluding carboxylic acids is 1. The van der Waals surface area contributed by atoms with Crippen molar-refractivity contribution in [3.05, 3.63) is 65.7 Å². The summed E-state index contributed by atoms with van der Waals surface area (Å²) in [5, 5.41) is 3.69. The predicted octanol–water partition coefficient (Wildman–Crippen LogP) is 4.57. The number of hydrogen-bond donors (Lipinski definition) is 0. The van der Waals surface area contributed by atoms with Gasteiger partial charge in [-0.3, -0.25) is 4.90 Å². The summed E-state index contributed by atoms with van der Waals surface area (Å²) in [5.41, 5.74) is 4.95. The fourth-order valence-electron chi connectivity index (χ4n) is 4.11. The first-order chi connectivity index (χ1) is 14.8. The third-order valence-corrected chi connectivity index (χ3v) is 5.65. The first-order valence-electron chi connectivity index (χ1n) is 10.5. The summed E-state index contributed by atoms with van der Waals surface area (Å²) < 4.78 is 5.76. The van der Waals surface area contributed by atoms with Crippen LogP contribution in [0.2, 0.25) is 0 Å². The average molecular weight is 478 g/mol. The van der Waals surface area contributed by atoms with Crippen molar-refractivity contribution in [1.29, 1.82) is 0 Å². The van der Waals surface area contributed by atoms with Gasteiger partial charge in [0.15, 0.2) is 0 Å². The molecule has 2 aliphatic rings. The van der Waals surface area contributed by atoms with Gasteiger partial charge in [-0.2, -0.15) is 0 Å². The topological polar surface area (TPSA) is 54.4 Å². The Bertz CT molecular complexity index is 910. The maximum Gasteiger partial charge on any atom is 0.409 e. The summed E-state index contributed by atoms with van der Waals surface area (Å²) in [7, 11) is 0. The zero-order valence-corrected chi connectivity index (χ0v) is 19.7. The number of rotatable bonds is 6. The molecule has 0 saturated carbocycles. The maximum atomic E-state index is 12.7. The number of fused-ring (bicyclic) bond motifs is 3. The highest BCUT2D eigenvalue weighted by Gasteiger charge is 2.30. The molecule has 1 fully saturated rings. The molecule has 1 aliphatic carbocycles. The van der Waals surface area contributed by atoms with Gasteiger partial charge in [0.2, 0.25) is 0 Å². The van der Waals surface area contributed by atoms with Crippen molar-refractivity contribution in [3.63, 3.8) is 0 Å². The molecule has 1 saturated heterocycles. The highest BCUT2D eigenvalue weighted by atomic mass is 35.5. The van der Waals surface area contributed by atoms with Crippen molar-refractivity contribution in [2.24, 2.45) is 5.16 Å². The number of ether oxygens (including phenoxy) is 1. The van der Waals surface area contributed by atoms with Crippen LogP contribution >= 0.6 is 24.8 Å². The lowest BCUT2D eigenvalue weighted by atomic mass is 9.98. The third-order valence-electron chi connectivity index (χ3n) is 5.65. The van der Waals surface area contributed by atoms with E-state index >= 15 is 0 Å². The van der Waals surface area contributed by atoms with Crippen LogP contribution in [0.25, 0.3) is 11.1 Å². The van der Waals surface area contributed by atoms with Gasteiger partial charge in [0.05, 0.1) is 0 Å². The molecule has 172 valence electrons. The molecule has 0 bridgehead atoms. The van der Waals surface area contributed by atoms with Crippen LogP contribution < -0.4 is 0 Å². The van der Waals surface area contributed by atoms with Gasteiger partial charge in [0.25, 0.3) is 0 Å². The van der Waals surface area contributed by atoms with E-state index in [2.05, 4.69) is 52.3 Å². The van der Waals surface area contributed by atoms with Crippen molar-refractivity contribution < 1.29 is 14.4 Å². The molecule has 2 aromatic carbocycles. The van der Waals surface area contributed by atoms with E-state index in [-0.39, 0.29) is 36.8 Å². The molecule has 0 N–H and O–H groups in total. The Hall–Kier alpha value is -2.50. The lowest BCUT2D eigenvalue weighted by molar-refractivity contribution is 0.0771. The summed E-state index contributed by atoms with van der Waals surface area (Å²) >= 11 is 0. The molecule has 1 heterocycles. The lowest BCUT2D eigenvalue weighted by Gasteiger charge is -2.33. The summed E-state index contributed by atoms with van der Waals surface area (Å²) in [6.07, 6.45) is 1.61. The molecule has 0 spiro atoms. The molecular formula is C24H29Cl2N3O3. The average Bonchev–Trinajstić information content (AvgIpc) is 3.11. The summed E-state index contributed by atoms with van der Waals surface area (Å²) in [5.74, 6) is 2.86. The molecule has 1 aliphatic heterocycles. The van der Waals surface area contributed by atoms with Crippen molar-refractivity contribution in [2.75, 3.05) is 45.9 Å². The smallest absolute Gasteiger partial charge is 0.409 e. The zero-order chi connectivity index (χ0) is 20.8. The van der Waals surface area contributed by atoms with Crippen LogP contribution in [0.1, 0.15) is 24.0 Å². The Kier molecular flexibility index (Phi) is 10.1. The molecule has 2 aromatic rings. The lowest BCUT2D eigenvalue weighted by Crippen LogP contribution is -2.48. The van der Waals surface area contributed by atoms with E-state index in [0.29, 0.717) is 26.3 Å². The van der Waals surface area contributed by atoms with Crippen LogP contribution in [0, 0.1) is 0 Å². The van der Waals surface area contributed by atoms with Crippen LogP contribution in [0.15, 0.2) is 59.8 Å². The van der Waals surface area contributed by atoms with E-state index in [1.54, 1.807) is 4.90 Å². The number of piperazine rings is 1. The summed E-state index contributed by atoms with van der Waals surface area (Å²) in [6.45, 7) is 6.46. The van der Waals surface area contributed by atoms with Gasteiger partial charge in [-0.05, 0) is 40.4 Å². The van der Waals surface area contributed by atoms with E-state index in [4.69, 9.17) is 9.57 Å². The Labute approximate surface area is 201 Å². The van der Waals surface area contributed by atoms with Crippen molar-refractivity contribution in [1.82, 2.24) is 9.80 Å². The third kappa shape index (κ3) is 5.84. The monoisotopic (exact) mass is 477 g/mol. The minimum atomic E-state index is -0.232. The minimum Gasteiger partial charge on any atom is -0.448 e. The molecule has 0 unspecified atom stereocenters. The zero-order valence-electron chi connectivity index (χ0n) is 18.1. The fraction of sp³-hybridized carbons (Fsp3) is 0.375. The summed E-state index contributed by atoms with van der Waals surface area (Å²) in [6, 6.07) is 16.8. The van der Waals surface area contributed by atoms with Crippen LogP contribution in [0.3, 0.4) is 0 Å². The summed E-state index contributed by atoms with van der Waals surface area (Å²) in [4.78, 5) is 21.6. The van der Waals surface area contributed by atoms with Gasteiger partial charge in [-0.1, -0.05) is 48.5 Å². The van der Waals surface area contributed by atoms with Gasteiger partial charge in [-0.25, -0.2) is 4.79 Å². The van der Waals surface area contributed by atoms with Gasteiger partial charge in [0, 0.05) is 44.5 Å². The highest BCUT2D eigenvalue weighted by Crippen LogP contribution is 2.44. The SMILES string of the molecule is CCON=C=CCN1CCN(C(=O)OCC2c3ccccc3-c3ccccc32)CC1.Cl.Cl. The second-order valence-corrected chi connectivity index (χ2v) is 7.43. The molecule has 8 heteroatoms. The number of halogens is 2. The van der Waals surface area contributed by atoms with E-state index in [9.17, 15) is 4.79 Å². The number of nitrogens with zero attached hydrogens (tertiary/aromatic N) is 3. The Morgan fingerprint density at radius 3 is 2.22 bits per heavy atom.